The van der Waals surface area contributed by atoms with Crippen LogP contribution in [-0.4, -0.2) is 34.1 Å². The number of nitrogens with zero attached hydrogens (tertiary/aromatic N) is 2. The summed E-state index contributed by atoms with van der Waals surface area (Å²) in [6, 6.07) is 6.94. The smallest absolute Gasteiger partial charge is 0.349 e. The van der Waals surface area contributed by atoms with Gasteiger partial charge in [0.2, 0.25) is 0 Å². The molecule has 0 radical (unpaired) electrons. The van der Waals surface area contributed by atoms with Gasteiger partial charge in [0.15, 0.2) is 6.10 Å². The monoisotopic (exact) mass is 469 g/mol. The number of thiophene rings is 1. The Hall–Kier alpha value is -3.20. The van der Waals surface area contributed by atoms with Gasteiger partial charge in [-0.2, -0.15) is 0 Å². The molecule has 174 valence electrons. The lowest BCUT2D eigenvalue weighted by Crippen LogP contribution is -2.30. The minimum atomic E-state index is -1.01. The molecule has 1 aliphatic heterocycles. The second-order valence-electron chi connectivity index (χ2n) is 8.03. The molecule has 0 aliphatic carbocycles. The molecule has 1 aromatic carbocycles. The maximum absolute atomic E-state index is 13.1. The first kappa shape index (κ1) is 23.0. The van der Waals surface area contributed by atoms with E-state index in [4.69, 9.17) is 9.47 Å². The van der Waals surface area contributed by atoms with Gasteiger partial charge >= 0.3 is 5.97 Å². The highest BCUT2D eigenvalue weighted by atomic mass is 32.1. The Kier molecular flexibility index (Phi) is 6.78. The summed E-state index contributed by atoms with van der Waals surface area (Å²) in [6.45, 7) is 6.34. The van der Waals surface area contributed by atoms with Crippen molar-refractivity contribution >= 4 is 39.1 Å². The Bertz CT molecular complexity index is 1250. The third kappa shape index (κ3) is 4.78. The van der Waals surface area contributed by atoms with E-state index in [9.17, 15) is 14.4 Å². The van der Waals surface area contributed by atoms with Crippen molar-refractivity contribution in [3.63, 3.8) is 0 Å². The van der Waals surface area contributed by atoms with Gasteiger partial charge in [0.05, 0.1) is 12.0 Å². The fraction of sp³-hybridized carbons (Fsp3) is 0.417. The Labute approximate surface area is 195 Å². The van der Waals surface area contributed by atoms with Crippen LogP contribution >= 0.6 is 11.3 Å². The highest BCUT2D eigenvalue weighted by Gasteiger charge is 2.26. The van der Waals surface area contributed by atoms with Crippen molar-refractivity contribution in [1.29, 1.82) is 0 Å². The Morgan fingerprint density at radius 2 is 1.97 bits per heavy atom. The zero-order valence-corrected chi connectivity index (χ0v) is 19.8. The van der Waals surface area contributed by atoms with Crippen LogP contribution in [0.4, 0.5) is 5.69 Å². The van der Waals surface area contributed by atoms with Gasteiger partial charge in [-0.25, -0.2) is 9.78 Å². The summed E-state index contributed by atoms with van der Waals surface area (Å²) < 4.78 is 12.5. The highest BCUT2D eigenvalue weighted by Crippen LogP contribution is 2.29. The normalized spacial score (nSPS) is 14.3. The second kappa shape index (κ2) is 9.74. The van der Waals surface area contributed by atoms with Gasteiger partial charge in [-0.15, -0.1) is 11.3 Å². The minimum absolute atomic E-state index is 0.106. The number of amides is 1. The maximum atomic E-state index is 13.1. The lowest BCUT2D eigenvalue weighted by atomic mass is 10.2. The van der Waals surface area contributed by atoms with Gasteiger partial charge in [0.1, 0.15) is 21.3 Å². The van der Waals surface area contributed by atoms with E-state index < -0.39 is 18.0 Å². The Balaban J connectivity index is 1.50. The molecule has 0 spiro atoms. The van der Waals surface area contributed by atoms with E-state index in [-0.39, 0.29) is 5.56 Å². The first-order valence-electron chi connectivity index (χ1n) is 11.2. The molecule has 8 nitrogen and oxygen atoms in total. The zero-order chi connectivity index (χ0) is 23.5. The van der Waals surface area contributed by atoms with Crippen molar-refractivity contribution in [1.82, 2.24) is 9.55 Å². The molecule has 3 heterocycles. The summed E-state index contributed by atoms with van der Waals surface area (Å²) >= 11 is 1.15. The van der Waals surface area contributed by atoms with Crippen molar-refractivity contribution in [2.75, 3.05) is 11.9 Å². The number of aryl methyl sites for hydroxylation is 2. The number of fused-ring (bicyclic) bond motifs is 2. The number of hydrogen-bond acceptors (Lipinski definition) is 7. The van der Waals surface area contributed by atoms with E-state index in [2.05, 4.69) is 10.3 Å². The van der Waals surface area contributed by atoms with Crippen LogP contribution in [0.3, 0.4) is 0 Å². The first-order chi connectivity index (χ1) is 15.9. The van der Waals surface area contributed by atoms with Crippen LogP contribution in [0.25, 0.3) is 10.2 Å². The SMILES string of the molecule is CCOc1ccc(NC(=O)C(C)OC(=O)c2sc3nc4n(c(=O)c3c2C)CCCCC4)cc1. The number of ether oxygens (including phenoxy) is 2. The first-order valence-corrected chi connectivity index (χ1v) is 12.0. The van der Waals surface area contributed by atoms with Gasteiger partial charge < -0.3 is 14.8 Å². The Morgan fingerprint density at radius 3 is 2.70 bits per heavy atom. The molecule has 0 saturated heterocycles. The molecule has 0 bridgehead atoms. The van der Waals surface area contributed by atoms with Crippen molar-refractivity contribution in [2.45, 2.75) is 59.1 Å². The molecule has 33 heavy (non-hydrogen) atoms. The number of benzene rings is 1. The average Bonchev–Trinajstić information content (AvgIpc) is 2.95. The van der Waals surface area contributed by atoms with E-state index in [0.29, 0.717) is 45.2 Å². The van der Waals surface area contributed by atoms with Crippen LogP contribution in [-0.2, 0) is 22.5 Å². The summed E-state index contributed by atoms with van der Waals surface area (Å²) in [4.78, 5) is 44.0. The molecular formula is C24H27N3O5S. The third-order valence-corrected chi connectivity index (χ3v) is 6.85. The standard InChI is InChI=1S/C24H27N3O5S/c1-4-31-17-11-9-16(10-12-17)25-21(28)15(3)32-24(30)20-14(2)19-22(33-20)26-18-8-6-5-7-13-27(18)23(19)29/h9-12,15H,4-8,13H2,1-3H3,(H,25,28). The van der Waals surface area contributed by atoms with E-state index in [1.807, 2.05) is 6.92 Å². The molecule has 0 saturated carbocycles. The molecular weight excluding hydrogens is 442 g/mol. The zero-order valence-electron chi connectivity index (χ0n) is 19.0. The predicted molar refractivity (Wildman–Crippen MR) is 127 cm³/mol. The molecule has 1 unspecified atom stereocenters. The van der Waals surface area contributed by atoms with Gasteiger partial charge in [-0.3, -0.25) is 14.2 Å². The molecule has 2 aromatic heterocycles. The van der Waals surface area contributed by atoms with E-state index >= 15 is 0 Å². The number of aromatic nitrogens is 2. The van der Waals surface area contributed by atoms with Gasteiger partial charge in [0, 0.05) is 18.7 Å². The second-order valence-corrected chi connectivity index (χ2v) is 9.03. The summed E-state index contributed by atoms with van der Waals surface area (Å²) in [5.41, 5.74) is 1.02. The van der Waals surface area contributed by atoms with Gasteiger partial charge in [-0.1, -0.05) is 6.42 Å². The molecule has 1 N–H and O–H groups in total. The van der Waals surface area contributed by atoms with Crippen LogP contribution in [0.15, 0.2) is 29.1 Å². The summed E-state index contributed by atoms with van der Waals surface area (Å²) in [5, 5.41) is 3.19. The quantitative estimate of drug-likeness (QED) is 0.546. The molecule has 3 aromatic rings. The van der Waals surface area contributed by atoms with Crippen molar-refractivity contribution in [3.05, 3.63) is 50.9 Å². The summed E-state index contributed by atoms with van der Waals surface area (Å²) in [5.74, 6) is 0.395. The molecule has 1 aliphatic rings. The van der Waals surface area contributed by atoms with Crippen LogP contribution in [0, 0.1) is 6.92 Å². The lowest BCUT2D eigenvalue weighted by molar-refractivity contribution is -0.123. The number of anilines is 1. The molecule has 1 atom stereocenters. The molecule has 4 rings (SSSR count). The van der Waals surface area contributed by atoms with Crippen molar-refractivity contribution < 1.29 is 19.1 Å². The van der Waals surface area contributed by atoms with Crippen molar-refractivity contribution in [3.8, 4) is 5.75 Å². The fourth-order valence-electron chi connectivity index (χ4n) is 3.92. The molecule has 0 fully saturated rings. The number of hydrogen-bond donors (Lipinski definition) is 1. The largest absolute Gasteiger partial charge is 0.494 e. The fourth-order valence-corrected chi connectivity index (χ4v) is 4.99. The van der Waals surface area contributed by atoms with E-state index in [1.165, 1.54) is 6.92 Å². The third-order valence-electron chi connectivity index (χ3n) is 5.68. The summed E-state index contributed by atoms with van der Waals surface area (Å²) in [7, 11) is 0. The molecule has 1 amide bonds. The number of nitrogens with one attached hydrogen (secondary N) is 1. The van der Waals surface area contributed by atoms with E-state index in [0.717, 1.165) is 42.8 Å². The average molecular weight is 470 g/mol. The number of carbonyl (C=O) groups is 2. The van der Waals surface area contributed by atoms with Crippen LogP contribution in [0.5, 0.6) is 5.75 Å². The number of rotatable bonds is 6. The Morgan fingerprint density at radius 1 is 1.21 bits per heavy atom. The molecule has 9 heteroatoms. The minimum Gasteiger partial charge on any atom is -0.494 e. The van der Waals surface area contributed by atoms with Gasteiger partial charge in [-0.05, 0) is 63.4 Å². The van der Waals surface area contributed by atoms with Crippen LogP contribution in [0.2, 0.25) is 0 Å². The lowest BCUT2D eigenvalue weighted by Gasteiger charge is -2.13. The number of carbonyl (C=O) groups excluding carboxylic acids is 2. The van der Waals surface area contributed by atoms with Crippen LogP contribution < -0.4 is 15.6 Å². The predicted octanol–water partition coefficient (Wildman–Crippen LogP) is 4.08. The number of esters is 1. The summed E-state index contributed by atoms with van der Waals surface area (Å²) in [6.07, 6.45) is 2.76. The maximum Gasteiger partial charge on any atom is 0.349 e. The van der Waals surface area contributed by atoms with E-state index in [1.54, 1.807) is 35.8 Å². The highest BCUT2D eigenvalue weighted by molar-refractivity contribution is 7.20. The van der Waals surface area contributed by atoms with Crippen LogP contribution in [0.1, 0.15) is 54.2 Å². The van der Waals surface area contributed by atoms with Crippen molar-refractivity contribution in [2.24, 2.45) is 0 Å². The topological polar surface area (TPSA) is 99.5 Å². The van der Waals surface area contributed by atoms with Gasteiger partial charge in [0.25, 0.3) is 11.5 Å².